The lowest BCUT2D eigenvalue weighted by Crippen LogP contribution is -2.07. The maximum absolute atomic E-state index is 6.29. The summed E-state index contributed by atoms with van der Waals surface area (Å²) in [5, 5.41) is 4.45. The largest absolute Gasteiger partial charge is 0.394 e. The summed E-state index contributed by atoms with van der Waals surface area (Å²) in [5.41, 5.74) is 14.7. The van der Waals surface area contributed by atoms with Crippen molar-refractivity contribution in [1.82, 2.24) is 9.97 Å². The quantitative estimate of drug-likeness (QED) is 0.530. The summed E-state index contributed by atoms with van der Waals surface area (Å²) < 4.78 is 0. The summed E-state index contributed by atoms with van der Waals surface area (Å²) in [6.07, 6.45) is 1.02. The van der Waals surface area contributed by atoms with Gasteiger partial charge >= 0.3 is 0 Å². The van der Waals surface area contributed by atoms with E-state index in [9.17, 15) is 0 Å². The Morgan fingerprint density at radius 2 is 1.73 bits per heavy atom. The van der Waals surface area contributed by atoms with E-state index >= 15 is 0 Å². The Bertz CT molecular complexity index is 915. The van der Waals surface area contributed by atoms with E-state index in [0.29, 0.717) is 23.0 Å². The van der Waals surface area contributed by atoms with E-state index in [0.717, 1.165) is 23.3 Å². The molecule has 0 unspecified atom stereocenters. The van der Waals surface area contributed by atoms with Crippen LogP contribution in [0.25, 0.3) is 11.3 Å². The van der Waals surface area contributed by atoms with Crippen LogP contribution in [0.5, 0.6) is 0 Å². The number of hydrogen-bond donors (Lipinski definition) is 2. The van der Waals surface area contributed by atoms with Crippen LogP contribution >= 0.6 is 0 Å². The Kier molecular flexibility index (Phi) is 5.27. The van der Waals surface area contributed by atoms with Crippen molar-refractivity contribution in [2.45, 2.75) is 27.2 Å². The number of nitrogens with zero attached hydrogens (tertiary/aromatic N) is 3. The first kappa shape index (κ1) is 17.6. The van der Waals surface area contributed by atoms with Crippen molar-refractivity contribution in [3.05, 3.63) is 71.5 Å². The van der Waals surface area contributed by atoms with Crippen molar-refractivity contribution in [3.8, 4) is 11.3 Å². The molecule has 5 nitrogen and oxygen atoms in total. The van der Waals surface area contributed by atoms with Crippen molar-refractivity contribution in [1.29, 1.82) is 0 Å². The van der Waals surface area contributed by atoms with E-state index in [4.69, 9.17) is 5.73 Å². The second-order valence-electron chi connectivity index (χ2n) is 6.11. The Hall–Kier alpha value is -3.21. The van der Waals surface area contributed by atoms with Gasteiger partial charge in [-0.3, -0.25) is 5.43 Å². The molecule has 3 aromatic rings. The number of hydrazone groups is 1. The molecule has 132 valence electrons. The molecule has 0 saturated carbocycles. The van der Waals surface area contributed by atoms with Gasteiger partial charge in [0.25, 0.3) is 0 Å². The minimum absolute atomic E-state index is 0.486. The van der Waals surface area contributed by atoms with Gasteiger partial charge in [-0.15, -0.1) is 0 Å². The predicted octanol–water partition coefficient (Wildman–Crippen LogP) is 4.43. The highest BCUT2D eigenvalue weighted by Gasteiger charge is 2.11. The van der Waals surface area contributed by atoms with Crippen molar-refractivity contribution in [2.75, 3.05) is 11.2 Å². The fourth-order valence-electron chi connectivity index (χ4n) is 2.67. The zero-order valence-corrected chi connectivity index (χ0v) is 15.3. The average Bonchev–Trinajstić information content (AvgIpc) is 2.68. The minimum Gasteiger partial charge on any atom is -0.394 e. The molecule has 0 bridgehead atoms. The molecule has 1 aromatic heterocycles. The van der Waals surface area contributed by atoms with Gasteiger partial charge in [0.05, 0.1) is 11.4 Å². The Morgan fingerprint density at radius 1 is 1.04 bits per heavy atom. The molecule has 0 spiro atoms. The Morgan fingerprint density at radius 3 is 2.38 bits per heavy atom. The van der Waals surface area contributed by atoms with E-state index in [1.54, 1.807) is 0 Å². The molecule has 0 atom stereocenters. The molecule has 5 heteroatoms. The third-order valence-electron chi connectivity index (χ3n) is 4.21. The number of hydrogen-bond acceptors (Lipinski definition) is 5. The molecule has 0 saturated heterocycles. The predicted molar refractivity (Wildman–Crippen MR) is 108 cm³/mol. The van der Waals surface area contributed by atoms with Gasteiger partial charge in [-0.05, 0) is 31.4 Å². The van der Waals surface area contributed by atoms with Gasteiger partial charge in [-0.1, -0.05) is 61.5 Å². The van der Waals surface area contributed by atoms with Crippen molar-refractivity contribution < 1.29 is 0 Å². The average molecular weight is 345 g/mol. The summed E-state index contributed by atoms with van der Waals surface area (Å²) in [4.78, 5) is 8.88. The standard InChI is InChI=1S/C21H23N5/c1-4-16-10-12-17(13-11-16)14(2)25-26-21-19(22)20(23-15(3)24-21)18-8-6-5-7-9-18/h5-13H,4,22H2,1-3H3,(H,23,24,26). The van der Waals surface area contributed by atoms with Gasteiger partial charge < -0.3 is 5.73 Å². The summed E-state index contributed by atoms with van der Waals surface area (Å²) in [7, 11) is 0. The van der Waals surface area contributed by atoms with Gasteiger partial charge in [0.1, 0.15) is 11.5 Å². The summed E-state index contributed by atoms with van der Waals surface area (Å²) in [5.74, 6) is 1.15. The van der Waals surface area contributed by atoms with Crippen LogP contribution < -0.4 is 11.2 Å². The lowest BCUT2D eigenvalue weighted by Gasteiger charge is -2.11. The van der Waals surface area contributed by atoms with Crippen LogP contribution in [0.3, 0.4) is 0 Å². The topological polar surface area (TPSA) is 76.2 Å². The fourth-order valence-corrected chi connectivity index (χ4v) is 2.67. The van der Waals surface area contributed by atoms with Gasteiger partial charge in [0.15, 0.2) is 5.82 Å². The van der Waals surface area contributed by atoms with E-state index in [2.05, 4.69) is 51.7 Å². The van der Waals surface area contributed by atoms with E-state index in [1.165, 1.54) is 5.56 Å². The first-order valence-electron chi connectivity index (χ1n) is 8.67. The molecular formula is C21H23N5. The lowest BCUT2D eigenvalue weighted by molar-refractivity contribution is 1.05. The van der Waals surface area contributed by atoms with Crippen molar-refractivity contribution >= 4 is 17.2 Å². The zero-order chi connectivity index (χ0) is 18.5. The molecule has 3 N–H and O–H groups in total. The van der Waals surface area contributed by atoms with Crippen molar-refractivity contribution in [3.63, 3.8) is 0 Å². The number of aryl methyl sites for hydroxylation is 2. The molecule has 1 heterocycles. The second-order valence-corrected chi connectivity index (χ2v) is 6.11. The molecule has 0 fully saturated rings. The van der Waals surface area contributed by atoms with Crippen LogP contribution in [-0.2, 0) is 6.42 Å². The maximum Gasteiger partial charge on any atom is 0.173 e. The molecule has 0 amide bonds. The van der Waals surface area contributed by atoms with Crippen LogP contribution in [0.2, 0.25) is 0 Å². The maximum atomic E-state index is 6.29. The first-order chi connectivity index (χ1) is 12.6. The molecule has 0 radical (unpaired) electrons. The van der Waals surface area contributed by atoms with E-state index in [-0.39, 0.29) is 0 Å². The fraction of sp³-hybridized carbons (Fsp3) is 0.190. The molecule has 3 rings (SSSR count). The Balaban J connectivity index is 1.88. The normalized spacial score (nSPS) is 11.4. The van der Waals surface area contributed by atoms with Gasteiger partial charge in [-0.25, -0.2) is 9.97 Å². The van der Waals surface area contributed by atoms with Crippen LogP contribution in [-0.4, -0.2) is 15.7 Å². The van der Waals surface area contributed by atoms with Crippen LogP contribution in [0.1, 0.15) is 30.8 Å². The first-order valence-corrected chi connectivity index (χ1v) is 8.67. The monoisotopic (exact) mass is 345 g/mol. The van der Waals surface area contributed by atoms with Gasteiger partial charge in [-0.2, -0.15) is 5.10 Å². The number of rotatable bonds is 5. The lowest BCUT2D eigenvalue weighted by atomic mass is 10.1. The number of benzene rings is 2. The molecule has 0 aliphatic rings. The smallest absolute Gasteiger partial charge is 0.173 e. The highest BCUT2D eigenvalue weighted by Crippen LogP contribution is 2.28. The van der Waals surface area contributed by atoms with Crippen molar-refractivity contribution in [2.24, 2.45) is 5.10 Å². The van der Waals surface area contributed by atoms with Gasteiger partial charge in [0, 0.05) is 5.56 Å². The van der Waals surface area contributed by atoms with E-state index < -0.39 is 0 Å². The number of nitrogens with two attached hydrogens (primary N) is 1. The molecule has 26 heavy (non-hydrogen) atoms. The SMILES string of the molecule is CCc1ccc(C(C)=NNc2nc(C)nc(-c3ccccc3)c2N)cc1. The molecule has 0 aliphatic heterocycles. The number of anilines is 2. The molecule has 2 aromatic carbocycles. The number of aromatic nitrogens is 2. The number of nitrogen functional groups attached to an aromatic ring is 1. The highest BCUT2D eigenvalue weighted by molar-refractivity contribution is 5.99. The highest BCUT2D eigenvalue weighted by atomic mass is 15.3. The number of nitrogens with one attached hydrogen (secondary N) is 1. The third-order valence-corrected chi connectivity index (χ3v) is 4.21. The Labute approximate surface area is 154 Å². The molecular weight excluding hydrogens is 322 g/mol. The van der Waals surface area contributed by atoms with E-state index in [1.807, 2.05) is 44.2 Å². The summed E-state index contributed by atoms with van der Waals surface area (Å²) >= 11 is 0. The summed E-state index contributed by atoms with van der Waals surface area (Å²) in [6.45, 7) is 5.94. The minimum atomic E-state index is 0.486. The van der Waals surface area contributed by atoms with Crippen LogP contribution in [0.4, 0.5) is 11.5 Å². The van der Waals surface area contributed by atoms with Gasteiger partial charge in [0.2, 0.25) is 0 Å². The second kappa shape index (κ2) is 7.78. The van der Waals surface area contributed by atoms with Crippen LogP contribution in [0, 0.1) is 6.92 Å². The van der Waals surface area contributed by atoms with Crippen LogP contribution in [0.15, 0.2) is 59.7 Å². The third kappa shape index (κ3) is 3.88. The molecule has 0 aliphatic carbocycles. The zero-order valence-electron chi connectivity index (χ0n) is 15.3. The summed E-state index contributed by atoms with van der Waals surface area (Å²) in [6, 6.07) is 18.2.